The van der Waals surface area contributed by atoms with Crippen LogP contribution in [0.2, 0.25) is 0 Å². The minimum absolute atomic E-state index is 0.201. The largest absolute Gasteiger partial charge is 0.342 e. The molecular weight excluding hydrogens is 636 g/mol. The summed E-state index contributed by atoms with van der Waals surface area (Å²) in [5.41, 5.74) is 3.14. The molecular formula is C36H34N10O4. The fraction of sp³-hybridized carbons (Fsp3) is 0.278. The molecule has 14 heteroatoms. The van der Waals surface area contributed by atoms with Crippen LogP contribution in [0.5, 0.6) is 0 Å². The highest BCUT2D eigenvalue weighted by molar-refractivity contribution is 6.04. The summed E-state index contributed by atoms with van der Waals surface area (Å²) in [5.74, 6) is 0.473. The van der Waals surface area contributed by atoms with Crippen molar-refractivity contribution in [2.75, 3.05) is 4.90 Å². The molecule has 0 N–H and O–H groups in total. The molecule has 0 spiro atoms. The number of aromatic nitrogens is 9. The third kappa shape index (κ3) is 4.70. The van der Waals surface area contributed by atoms with Crippen LogP contribution in [0.3, 0.4) is 0 Å². The molecule has 0 saturated heterocycles. The first-order chi connectivity index (χ1) is 24.2. The monoisotopic (exact) mass is 670 g/mol. The lowest BCUT2D eigenvalue weighted by Crippen LogP contribution is -2.38. The molecule has 1 aliphatic carbocycles. The number of hydrogen-bond donors (Lipinski definition) is 0. The zero-order chi connectivity index (χ0) is 34.8. The second kappa shape index (κ2) is 11.8. The standard InChI is InChI=1S/C36H34N10O4/c1-41-30-24(33(47)43(3)35(41)49)18-26(37-38-30)45(19-21-12-7-5-8-13-21)25-17-11-16-23-27-28-31(42(2)36(50)44(4)34(28)48)39-40-32(27)46(29(23)25)20-22-14-9-6-10-15-22/h5-10,12-15,18,25H,11,16-17,19-20H2,1-4H3. The lowest BCUT2D eigenvalue weighted by Gasteiger charge is -2.36. The van der Waals surface area contributed by atoms with Crippen LogP contribution in [0.25, 0.3) is 33.1 Å². The molecule has 7 aromatic rings. The molecule has 0 amide bonds. The average molecular weight is 671 g/mol. The summed E-state index contributed by atoms with van der Waals surface area (Å²) in [6.07, 6.45) is 2.21. The average Bonchev–Trinajstić information content (AvgIpc) is 3.47. The quantitative estimate of drug-likeness (QED) is 0.260. The first kappa shape index (κ1) is 31.1. The van der Waals surface area contributed by atoms with Crippen LogP contribution in [0.4, 0.5) is 5.82 Å². The molecule has 0 bridgehead atoms. The maximum Gasteiger partial charge on any atom is 0.332 e. The van der Waals surface area contributed by atoms with Crippen LogP contribution in [-0.2, 0) is 47.7 Å². The van der Waals surface area contributed by atoms with Gasteiger partial charge in [0.2, 0.25) is 0 Å². The molecule has 8 rings (SSSR count). The normalized spacial score (nSPS) is 14.4. The van der Waals surface area contributed by atoms with Crippen molar-refractivity contribution < 1.29 is 0 Å². The van der Waals surface area contributed by atoms with E-state index in [1.165, 1.54) is 23.2 Å². The maximum absolute atomic E-state index is 13.9. The van der Waals surface area contributed by atoms with Gasteiger partial charge in [-0.05, 0) is 42.0 Å². The molecule has 0 aliphatic heterocycles. The fourth-order valence-electron chi connectivity index (χ4n) is 7.41. The summed E-state index contributed by atoms with van der Waals surface area (Å²) < 4.78 is 7.01. The van der Waals surface area contributed by atoms with Gasteiger partial charge < -0.3 is 9.47 Å². The first-order valence-corrected chi connectivity index (χ1v) is 16.4. The third-order valence-electron chi connectivity index (χ3n) is 9.96. The van der Waals surface area contributed by atoms with Gasteiger partial charge in [-0.2, -0.15) is 0 Å². The van der Waals surface area contributed by atoms with E-state index in [-0.39, 0.29) is 22.7 Å². The lowest BCUT2D eigenvalue weighted by molar-refractivity contribution is 0.485. The number of hydrogen-bond acceptors (Lipinski definition) is 9. The highest BCUT2D eigenvalue weighted by atomic mass is 16.2. The van der Waals surface area contributed by atoms with E-state index in [1.54, 1.807) is 20.2 Å². The van der Waals surface area contributed by atoms with E-state index in [2.05, 4.69) is 24.8 Å². The molecule has 5 heterocycles. The van der Waals surface area contributed by atoms with Gasteiger partial charge in [0.25, 0.3) is 11.1 Å². The Morgan fingerprint density at radius 1 is 0.680 bits per heavy atom. The van der Waals surface area contributed by atoms with Gasteiger partial charge in [-0.25, -0.2) is 9.59 Å². The van der Waals surface area contributed by atoms with E-state index in [0.717, 1.165) is 44.4 Å². The summed E-state index contributed by atoms with van der Waals surface area (Å²) in [5, 5.41) is 19.5. The molecule has 14 nitrogen and oxygen atoms in total. The van der Waals surface area contributed by atoms with Gasteiger partial charge in [-0.1, -0.05) is 60.7 Å². The second-order valence-electron chi connectivity index (χ2n) is 12.9. The summed E-state index contributed by atoms with van der Waals surface area (Å²) in [6, 6.07) is 21.4. The highest BCUT2D eigenvalue weighted by Gasteiger charge is 2.35. The Kier molecular flexibility index (Phi) is 7.31. The molecule has 0 saturated carbocycles. The van der Waals surface area contributed by atoms with E-state index in [0.29, 0.717) is 41.7 Å². The van der Waals surface area contributed by atoms with Crippen molar-refractivity contribution in [3.8, 4) is 0 Å². The Morgan fingerprint density at radius 2 is 1.28 bits per heavy atom. The molecule has 252 valence electrons. The number of fused-ring (bicyclic) bond motifs is 6. The minimum Gasteiger partial charge on any atom is -0.342 e. The van der Waals surface area contributed by atoms with Crippen molar-refractivity contribution in [3.05, 3.63) is 131 Å². The van der Waals surface area contributed by atoms with E-state index in [9.17, 15) is 19.2 Å². The molecule has 5 aromatic heterocycles. The highest BCUT2D eigenvalue weighted by Crippen LogP contribution is 2.43. The molecule has 1 atom stereocenters. The van der Waals surface area contributed by atoms with Crippen molar-refractivity contribution >= 4 is 38.9 Å². The summed E-state index contributed by atoms with van der Waals surface area (Å²) in [4.78, 5) is 55.0. The Labute approximate surface area is 284 Å². The molecule has 0 radical (unpaired) electrons. The Balaban J connectivity index is 1.44. The van der Waals surface area contributed by atoms with Gasteiger partial charge in [-0.15, -0.1) is 20.4 Å². The number of benzene rings is 2. The van der Waals surface area contributed by atoms with Crippen molar-refractivity contribution in [2.24, 2.45) is 28.2 Å². The topological polar surface area (TPSA) is 148 Å². The van der Waals surface area contributed by atoms with Gasteiger partial charge in [-0.3, -0.25) is 27.9 Å². The number of aryl methyl sites for hydroxylation is 3. The molecule has 2 aromatic carbocycles. The van der Waals surface area contributed by atoms with Crippen LogP contribution in [0.1, 0.15) is 41.3 Å². The zero-order valence-electron chi connectivity index (χ0n) is 28.1. The van der Waals surface area contributed by atoms with Crippen molar-refractivity contribution in [1.29, 1.82) is 0 Å². The third-order valence-corrected chi connectivity index (χ3v) is 9.96. The van der Waals surface area contributed by atoms with Crippen molar-refractivity contribution in [2.45, 2.75) is 38.4 Å². The summed E-state index contributed by atoms with van der Waals surface area (Å²) >= 11 is 0. The second-order valence-corrected chi connectivity index (χ2v) is 12.9. The number of rotatable bonds is 6. The van der Waals surface area contributed by atoms with E-state index in [4.69, 9.17) is 5.10 Å². The smallest absolute Gasteiger partial charge is 0.332 e. The first-order valence-electron chi connectivity index (χ1n) is 16.4. The molecule has 1 unspecified atom stereocenters. The maximum atomic E-state index is 13.9. The van der Waals surface area contributed by atoms with E-state index in [1.807, 2.05) is 60.7 Å². The molecule has 1 aliphatic rings. The van der Waals surface area contributed by atoms with Crippen LogP contribution in [0.15, 0.2) is 85.9 Å². The fourth-order valence-corrected chi connectivity index (χ4v) is 7.41. The Bertz CT molecular complexity index is 2730. The van der Waals surface area contributed by atoms with Gasteiger partial charge in [0.1, 0.15) is 0 Å². The zero-order valence-corrected chi connectivity index (χ0v) is 28.1. The lowest BCUT2D eigenvalue weighted by atomic mass is 9.89. The van der Waals surface area contributed by atoms with Crippen LogP contribution in [0, 0.1) is 0 Å². The summed E-state index contributed by atoms with van der Waals surface area (Å²) in [6.45, 7) is 0.896. The predicted molar refractivity (Wildman–Crippen MR) is 189 cm³/mol. The van der Waals surface area contributed by atoms with Crippen LogP contribution >= 0.6 is 0 Å². The van der Waals surface area contributed by atoms with Crippen molar-refractivity contribution in [3.63, 3.8) is 0 Å². The Hall–Kier alpha value is -6.18. The SMILES string of the molecule is Cn1c(=O)c2cc(N(Cc3ccccc3)C3CCCc4c3n(Cc3ccccc3)c3nnc5c(c(=O)n(C)c(=O)n5C)c43)nnc2n(C)c1=O. The van der Waals surface area contributed by atoms with E-state index < -0.39 is 22.5 Å². The van der Waals surface area contributed by atoms with Crippen molar-refractivity contribution in [1.82, 2.24) is 43.2 Å². The molecule has 0 fully saturated rings. The Morgan fingerprint density at radius 3 is 1.98 bits per heavy atom. The van der Waals surface area contributed by atoms with Crippen LogP contribution < -0.4 is 27.4 Å². The van der Waals surface area contributed by atoms with Gasteiger partial charge >= 0.3 is 11.4 Å². The van der Waals surface area contributed by atoms with Gasteiger partial charge in [0.05, 0.1) is 16.8 Å². The summed E-state index contributed by atoms with van der Waals surface area (Å²) in [7, 11) is 6.10. The van der Waals surface area contributed by atoms with Crippen LogP contribution in [-0.4, -0.2) is 43.2 Å². The van der Waals surface area contributed by atoms with Gasteiger partial charge in [0.15, 0.2) is 22.8 Å². The molecule has 50 heavy (non-hydrogen) atoms. The van der Waals surface area contributed by atoms with Gasteiger partial charge in [0, 0.05) is 52.4 Å². The van der Waals surface area contributed by atoms with E-state index >= 15 is 0 Å². The number of anilines is 1. The minimum atomic E-state index is -0.481. The predicted octanol–water partition coefficient (Wildman–Crippen LogP) is 2.46. The number of nitrogens with zero attached hydrogens (tertiary/aromatic N) is 10.